The van der Waals surface area contributed by atoms with E-state index in [4.69, 9.17) is 9.36 Å². The Balaban J connectivity index is 2.70. The standard InChI is InChI=1S/C11H8N2O3/c1-15-13-9-5-3-2-4-7(9)10-8(11(13)14)6-12-16-10/h2-6H,1H3. The van der Waals surface area contributed by atoms with Crippen LogP contribution in [0.3, 0.4) is 0 Å². The van der Waals surface area contributed by atoms with Crippen LogP contribution in [-0.2, 0) is 0 Å². The summed E-state index contributed by atoms with van der Waals surface area (Å²) in [6.07, 6.45) is 1.40. The summed E-state index contributed by atoms with van der Waals surface area (Å²) < 4.78 is 6.32. The maximum atomic E-state index is 12.0. The number of benzene rings is 1. The van der Waals surface area contributed by atoms with Crippen molar-refractivity contribution in [1.82, 2.24) is 9.89 Å². The molecule has 0 aliphatic rings. The second kappa shape index (κ2) is 3.10. The fraction of sp³-hybridized carbons (Fsp3) is 0.0909. The van der Waals surface area contributed by atoms with Crippen LogP contribution in [0.15, 0.2) is 39.8 Å². The van der Waals surface area contributed by atoms with Gasteiger partial charge in [0.05, 0.1) is 11.7 Å². The highest BCUT2D eigenvalue weighted by molar-refractivity contribution is 6.01. The van der Waals surface area contributed by atoms with Gasteiger partial charge in [-0.15, -0.1) is 4.73 Å². The van der Waals surface area contributed by atoms with Crippen molar-refractivity contribution in [2.24, 2.45) is 0 Å². The van der Waals surface area contributed by atoms with Gasteiger partial charge in [0.25, 0.3) is 5.56 Å². The summed E-state index contributed by atoms with van der Waals surface area (Å²) in [6.45, 7) is 0. The van der Waals surface area contributed by atoms with Gasteiger partial charge in [0.2, 0.25) is 0 Å². The summed E-state index contributed by atoms with van der Waals surface area (Å²) in [7, 11) is 1.45. The molecule has 80 valence electrons. The molecule has 16 heavy (non-hydrogen) atoms. The highest BCUT2D eigenvalue weighted by atomic mass is 16.6. The van der Waals surface area contributed by atoms with Crippen LogP contribution >= 0.6 is 0 Å². The molecule has 0 amide bonds. The molecular formula is C11H8N2O3. The molecule has 0 atom stereocenters. The molecule has 0 unspecified atom stereocenters. The van der Waals surface area contributed by atoms with Crippen molar-refractivity contribution in [3.05, 3.63) is 40.8 Å². The average Bonchev–Trinajstić information content (AvgIpc) is 2.79. The van der Waals surface area contributed by atoms with E-state index < -0.39 is 0 Å². The van der Waals surface area contributed by atoms with Crippen molar-refractivity contribution in [3.63, 3.8) is 0 Å². The molecule has 0 aliphatic heterocycles. The van der Waals surface area contributed by atoms with Crippen LogP contribution in [0.5, 0.6) is 0 Å². The fourth-order valence-electron chi connectivity index (χ4n) is 1.83. The Labute approximate surface area is 89.8 Å². The summed E-state index contributed by atoms with van der Waals surface area (Å²) in [5, 5.41) is 4.86. The molecule has 5 heteroatoms. The second-order valence-electron chi connectivity index (χ2n) is 3.37. The van der Waals surface area contributed by atoms with Gasteiger partial charge < -0.3 is 9.36 Å². The van der Waals surface area contributed by atoms with Gasteiger partial charge in [-0.1, -0.05) is 17.3 Å². The van der Waals surface area contributed by atoms with E-state index in [2.05, 4.69) is 5.16 Å². The Morgan fingerprint density at radius 2 is 2.12 bits per heavy atom. The topological polar surface area (TPSA) is 57.3 Å². The number of pyridine rings is 1. The maximum Gasteiger partial charge on any atom is 0.296 e. The lowest BCUT2D eigenvalue weighted by atomic mass is 10.2. The number of hydrogen-bond acceptors (Lipinski definition) is 4. The zero-order valence-corrected chi connectivity index (χ0v) is 8.51. The quantitative estimate of drug-likeness (QED) is 0.613. The zero-order valence-electron chi connectivity index (χ0n) is 8.51. The minimum absolute atomic E-state index is 0.266. The Kier molecular flexibility index (Phi) is 1.73. The van der Waals surface area contributed by atoms with E-state index in [1.165, 1.54) is 18.0 Å². The highest BCUT2D eigenvalue weighted by Crippen LogP contribution is 2.21. The van der Waals surface area contributed by atoms with Crippen molar-refractivity contribution in [2.75, 3.05) is 7.11 Å². The van der Waals surface area contributed by atoms with E-state index in [9.17, 15) is 4.79 Å². The minimum atomic E-state index is -0.266. The zero-order chi connectivity index (χ0) is 11.1. The molecule has 1 aromatic carbocycles. The van der Waals surface area contributed by atoms with Gasteiger partial charge in [0.15, 0.2) is 5.58 Å². The molecule has 0 fully saturated rings. The van der Waals surface area contributed by atoms with Gasteiger partial charge >= 0.3 is 0 Å². The van der Waals surface area contributed by atoms with Crippen molar-refractivity contribution in [2.45, 2.75) is 0 Å². The van der Waals surface area contributed by atoms with E-state index in [0.29, 0.717) is 16.5 Å². The minimum Gasteiger partial charge on any atom is -0.413 e. The molecule has 0 spiro atoms. The lowest BCUT2D eigenvalue weighted by Crippen LogP contribution is -2.24. The van der Waals surface area contributed by atoms with Crippen LogP contribution in [0.25, 0.3) is 21.9 Å². The third kappa shape index (κ3) is 0.995. The molecule has 0 N–H and O–H groups in total. The SMILES string of the molecule is COn1c(=O)c2cnoc2c2ccccc21. The first-order chi connectivity index (χ1) is 7.83. The number of para-hydroxylation sites is 1. The predicted octanol–water partition coefficient (Wildman–Crippen LogP) is 1.20. The maximum absolute atomic E-state index is 12.0. The van der Waals surface area contributed by atoms with Crippen LogP contribution < -0.4 is 10.4 Å². The molecule has 3 rings (SSSR count). The van der Waals surface area contributed by atoms with E-state index >= 15 is 0 Å². The molecule has 2 aromatic heterocycles. The molecule has 5 nitrogen and oxygen atoms in total. The van der Waals surface area contributed by atoms with E-state index in [1.807, 2.05) is 18.2 Å². The fourth-order valence-corrected chi connectivity index (χ4v) is 1.83. The monoisotopic (exact) mass is 216 g/mol. The normalized spacial score (nSPS) is 11.1. The molecule has 0 radical (unpaired) electrons. The van der Waals surface area contributed by atoms with Gasteiger partial charge in [-0.2, -0.15) is 0 Å². The number of hydrogen-bond donors (Lipinski definition) is 0. The number of nitrogens with zero attached hydrogens (tertiary/aromatic N) is 2. The first-order valence-corrected chi connectivity index (χ1v) is 4.75. The molecule has 2 heterocycles. The van der Waals surface area contributed by atoms with Crippen LogP contribution in [0, 0.1) is 0 Å². The third-order valence-corrected chi connectivity index (χ3v) is 2.54. The van der Waals surface area contributed by atoms with Gasteiger partial charge in [-0.05, 0) is 12.1 Å². The lowest BCUT2D eigenvalue weighted by molar-refractivity contribution is 0.170. The summed E-state index contributed by atoms with van der Waals surface area (Å²) in [5.74, 6) is 0. The Bertz CT molecular complexity index is 727. The van der Waals surface area contributed by atoms with Crippen molar-refractivity contribution in [1.29, 1.82) is 0 Å². The molecule has 0 aliphatic carbocycles. The summed E-state index contributed by atoms with van der Waals surface area (Å²) >= 11 is 0. The van der Waals surface area contributed by atoms with Crippen LogP contribution in [-0.4, -0.2) is 17.0 Å². The molecule has 0 saturated carbocycles. The summed E-state index contributed by atoms with van der Waals surface area (Å²) in [5.41, 5.74) is 0.894. The molecule has 0 saturated heterocycles. The number of fused-ring (bicyclic) bond motifs is 3. The number of aromatic nitrogens is 2. The lowest BCUT2D eigenvalue weighted by Gasteiger charge is -2.07. The second-order valence-corrected chi connectivity index (χ2v) is 3.37. The predicted molar refractivity (Wildman–Crippen MR) is 58.3 cm³/mol. The average molecular weight is 216 g/mol. The van der Waals surface area contributed by atoms with E-state index in [-0.39, 0.29) is 5.56 Å². The first kappa shape index (κ1) is 8.96. The smallest absolute Gasteiger partial charge is 0.296 e. The van der Waals surface area contributed by atoms with Gasteiger partial charge in [-0.25, -0.2) is 0 Å². The van der Waals surface area contributed by atoms with Crippen molar-refractivity contribution < 1.29 is 9.36 Å². The first-order valence-electron chi connectivity index (χ1n) is 4.75. The van der Waals surface area contributed by atoms with Crippen LogP contribution in [0.4, 0.5) is 0 Å². The van der Waals surface area contributed by atoms with E-state index in [0.717, 1.165) is 5.39 Å². The van der Waals surface area contributed by atoms with Crippen LogP contribution in [0.1, 0.15) is 0 Å². The Hall–Kier alpha value is -2.30. The van der Waals surface area contributed by atoms with Gasteiger partial charge in [-0.3, -0.25) is 4.79 Å². The largest absolute Gasteiger partial charge is 0.413 e. The van der Waals surface area contributed by atoms with Crippen molar-refractivity contribution in [3.8, 4) is 0 Å². The Morgan fingerprint density at radius 3 is 2.94 bits per heavy atom. The third-order valence-electron chi connectivity index (χ3n) is 2.54. The van der Waals surface area contributed by atoms with E-state index in [1.54, 1.807) is 6.07 Å². The molecule has 3 aromatic rings. The Morgan fingerprint density at radius 1 is 1.31 bits per heavy atom. The number of rotatable bonds is 1. The molecular weight excluding hydrogens is 208 g/mol. The van der Waals surface area contributed by atoms with Gasteiger partial charge in [0.1, 0.15) is 12.5 Å². The van der Waals surface area contributed by atoms with Crippen LogP contribution in [0.2, 0.25) is 0 Å². The summed E-state index contributed by atoms with van der Waals surface area (Å²) in [6, 6.07) is 7.36. The summed E-state index contributed by atoms with van der Waals surface area (Å²) in [4.78, 5) is 17.0. The highest BCUT2D eigenvalue weighted by Gasteiger charge is 2.13. The van der Waals surface area contributed by atoms with Crippen molar-refractivity contribution >= 4 is 21.9 Å². The molecule has 0 bridgehead atoms. The van der Waals surface area contributed by atoms with Gasteiger partial charge in [0, 0.05) is 5.39 Å².